The minimum Gasteiger partial charge on any atom is -0.370 e. The second kappa shape index (κ2) is 7.35. The average Bonchev–Trinajstić information content (AvgIpc) is 3.25. The number of amides is 4. The number of para-hydroxylation sites is 2. The third kappa shape index (κ3) is 3.25. The molecule has 0 aromatic heterocycles. The molecule has 2 heterocycles. The Morgan fingerprint density at radius 1 is 1.15 bits per heavy atom. The second-order valence-corrected chi connectivity index (χ2v) is 6.87. The number of nitrogens with one attached hydrogen (secondary N) is 2. The minimum absolute atomic E-state index is 0.277. The molecular weight excluding hydrogens is 332 g/mol. The fourth-order valence-corrected chi connectivity index (χ4v) is 3.70. The van der Waals surface area contributed by atoms with E-state index in [-0.39, 0.29) is 18.4 Å². The van der Waals surface area contributed by atoms with Crippen molar-refractivity contribution in [3.05, 3.63) is 24.3 Å². The SMILES string of the molecule is CCC1(CC)NC(=O)N(CC(=O)Nc2ccccc2N2CCCC2)C1=O. The van der Waals surface area contributed by atoms with Gasteiger partial charge in [0.15, 0.2) is 0 Å². The van der Waals surface area contributed by atoms with Crippen molar-refractivity contribution in [3.8, 4) is 0 Å². The molecule has 2 fully saturated rings. The van der Waals surface area contributed by atoms with E-state index in [1.165, 1.54) is 0 Å². The summed E-state index contributed by atoms with van der Waals surface area (Å²) in [4.78, 5) is 40.6. The van der Waals surface area contributed by atoms with E-state index >= 15 is 0 Å². The van der Waals surface area contributed by atoms with Crippen molar-refractivity contribution in [1.82, 2.24) is 10.2 Å². The number of imide groups is 1. The van der Waals surface area contributed by atoms with Gasteiger partial charge in [-0.1, -0.05) is 26.0 Å². The van der Waals surface area contributed by atoms with Crippen LogP contribution in [0.4, 0.5) is 16.2 Å². The molecular formula is C19H26N4O3. The molecule has 0 saturated carbocycles. The van der Waals surface area contributed by atoms with E-state index in [0.717, 1.165) is 36.5 Å². The average molecular weight is 358 g/mol. The molecule has 0 aliphatic carbocycles. The van der Waals surface area contributed by atoms with E-state index in [1.807, 2.05) is 38.1 Å². The maximum Gasteiger partial charge on any atom is 0.325 e. The Labute approximate surface area is 153 Å². The van der Waals surface area contributed by atoms with Crippen LogP contribution in [-0.2, 0) is 9.59 Å². The van der Waals surface area contributed by atoms with Crippen LogP contribution in [0.25, 0.3) is 0 Å². The van der Waals surface area contributed by atoms with Crippen molar-refractivity contribution in [2.45, 2.75) is 45.1 Å². The highest BCUT2D eigenvalue weighted by molar-refractivity contribution is 6.10. The zero-order valence-electron chi connectivity index (χ0n) is 15.4. The Kier molecular flexibility index (Phi) is 5.15. The van der Waals surface area contributed by atoms with Crippen molar-refractivity contribution < 1.29 is 14.4 Å². The number of nitrogens with zero attached hydrogens (tertiary/aromatic N) is 2. The summed E-state index contributed by atoms with van der Waals surface area (Å²) in [7, 11) is 0. The number of benzene rings is 1. The van der Waals surface area contributed by atoms with E-state index < -0.39 is 11.6 Å². The monoisotopic (exact) mass is 358 g/mol. The Bertz CT molecular complexity index is 708. The molecule has 0 bridgehead atoms. The maximum absolute atomic E-state index is 12.6. The van der Waals surface area contributed by atoms with Gasteiger partial charge in [0.2, 0.25) is 5.91 Å². The molecule has 7 heteroatoms. The number of hydrogen-bond donors (Lipinski definition) is 2. The van der Waals surface area contributed by atoms with Gasteiger partial charge in [-0.05, 0) is 37.8 Å². The van der Waals surface area contributed by atoms with Crippen molar-refractivity contribution >= 4 is 29.2 Å². The van der Waals surface area contributed by atoms with E-state index in [1.54, 1.807) is 0 Å². The molecule has 3 rings (SSSR count). The Hall–Kier alpha value is -2.57. The molecule has 0 spiro atoms. The van der Waals surface area contributed by atoms with Crippen molar-refractivity contribution in [2.75, 3.05) is 29.9 Å². The van der Waals surface area contributed by atoms with Crippen LogP contribution in [0.15, 0.2) is 24.3 Å². The number of carbonyl (C=O) groups is 3. The summed E-state index contributed by atoms with van der Waals surface area (Å²) in [6, 6.07) is 7.13. The molecule has 0 unspecified atom stereocenters. The summed E-state index contributed by atoms with van der Waals surface area (Å²) in [6.45, 7) is 5.38. The van der Waals surface area contributed by atoms with Crippen molar-refractivity contribution in [2.24, 2.45) is 0 Å². The molecule has 2 aliphatic heterocycles. The molecule has 140 valence electrons. The second-order valence-electron chi connectivity index (χ2n) is 6.87. The molecule has 1 aromatic carbocycles. The first-order valence-corrected chi connectivity index (χ1v) is 9.28. The fourth-order valence-electron chi connectivity index (χ4n) is 3.70. The summed E-state index contributed by atoms with van der Waals surface area (Å²) < 4.78 is 0. The van der Waals surface area contributed by atoms with Crippen LogP contribution in [0.5, 0.6) is 0 Å². The van der Waals surface area contributed by atoms with Gasteiger partial charge in [-0.25, -0.2) is 4.79 Å². The van der Waals surface area contributed by atoms with Crippen LogP contribution >= 0.6 is 0 Å². The van der Waals surface area contributed by atoms with Crippen LogP contribution in [-0.4, -0.2) is 47.9 Å². The third-order valence-electron chi connectivity index (χ3n) is 5.38. The standard InChI is InChI=1S/C19H26N4O3/c1-3-19(4-2)17(25)23(18(26)21-19)13-16(24)20-14-9-5-6-10-15(14)22-11-7-8-12-22/h5-6,9-10H,3-4,7-8,11-13H2,1-2H3,(H,20,24)(H,21,26). The van der Waals surface area contributed by atoms with Gasteiger partial charge in [0.25, 0.3) is 5.91 Å². The van der Waals surface area contributed by atoms with Crippen molar-refractivity contribution in [3.63, 3.8) is 0 Å². The Morgan fingerprint density at radius 2 is 1.81 bits per heavy atom. The fraction of sp³-hybridized carbons (Fsp3) is 0.526. The quantitative estimate of drug-likeness (QED) is 0.765. The zero-order valence-corrected chi connectivity index (χ0v) is 15.4. The zero-order chi connectivity index (χ0) is 18.7. The minimum atomic E-state index is -0.884. The van der Waals surface area contributed by atoms with E-state index in [0.29, 0.717) is 18.5 Å². The van der Waals surface area contributed by atoms with Crippen LogP contribution in [0.1, 0.15) is 39.5 Å². The molecule has 2 aliphatic rings. The summed E-state index contributed by atoms with van der Waals surface area (Å²) in [6.07, 6.45) is 3.29. The van der Waals surface area contributed by atoms with E-state index in [2.05, 4.69) is 15.5 Å². The van der Waals surface area contributed by atoms with Gasteiger partial charge in [-0.3, -0.25) is 14.5 Å². The highest BCUT2D eigenvalue weighted by Crippen LogP contribution is 2.29. The van der Waals surface area contributed by atoms with Gasteiger partial charge in [0, 0.05) is 13.1 Å². The van der Waals surface area contributed by atoms with Gasteiger partial charge >= 0.3 is 6.03 Å². The summed E-state index contributed by atoms with van der Waals surface area (Å²) in [5, 5.41) is 5.61. The van der Waals surface area contributed by atoms with Crippen LogP contribution in [0.2, 0.25) is 0 Å². The number of rotatable bonds is 6. The molecule has 26 heavy (non-hydrogen) atoms. The highest BCUT2D eigenvalue weighted by Gasteiger charge is 2.49. The normalized spacial score (nSPS) is 19.0. The van der Waals surface area contributed by atoms with Crippen LogP contribution < -0.4 is 15.5 Å². The van der Waals surface area contributed by atoms with Gasteiger partial charge in [-0.2, -0.15) is 0 Å². The Morgan fingerprint density at radius 3 is 2.42 bits per heavy atom. The lowest BCUT2D eigenvalue weighted by Gasteiger charge is -2.23. The summed E-state index contributed by atoms with van der Waals surface area (Å²) >= 11 is 0. The lowest BCUT2D eigenvalue weighted by atomic mass is 9.93. The van der Waals surface area contributed by atoms with Crippen LogP contribution in [0.3, 0.4) is 0 Å². The first kappa shape index (κ1) is 18.2. The molecule has 1 aromatic rings. The van der Waals surface area contributed by atoms with Gasteiger partial charge in [0.1, 0.15) is 12.1 Å². The predicted molar refractivity (Wildman–Crippen MR) is 100 cm³/mol. The highest BCUT2D eigenvalue weighted by atomic mass is 16.2. The van der Waals surface area contributed by atoms with E-state index in [9.17, 15) is 14.4 Å². The number of anilines is 2. The lowest BCUT2D eigenvalue weighted by Crippen LogP contribution is -2.46. The van der Waals surface area contributed by atoms with E-state index in [4.69, 9.17) is 0 Å². The van der Waals surface area contributed by atoms with Gasteiger partial charge < -0.3 is 15.5 Å². The maximum atomic E-state index is 12.6. The predicted octanol–water partition coefficient (Wildman–Crippen LogP) is 2.34. The number of hydrogen-bond acceptors (Lipinski definition) is 4. The molecule has 0 atom stereocenters. The van der Waals surface area contributed by atoms with Crippen molar-refractivity contribution in [1.29, 1.82) is 0 Å². The Balaban J connectivity index is 1.70. The number of carbonyl (C=O) groups excluding carboxylic acids is 3. The molecule has 2 N–H and O–H groups in total. The summed E-state index contributed by atoms with van der Waals surface area (Å²) in [5.74, 6) is -0.696. The molecule has 7 nitrogen and oxygen atoms in total. The van der Waals surface area contributed by atoms with Crippen LogP contribution in [0, 0.1) is 0 Å². The van der Waals surface area contributed by atoms with Gasteiger partial charge in [-0.15, -0.1) is 0 Å². The molecule has 4 amide bonds. The largest absolute Gasteiger partial charge is 0.370 e. The molecule has 0 radical (unpaired) electrons. The lowest BCUT2D eigenvalue weighted by molar-refractivity contribution is -0.134. The third-order valence-corrected chi connectivity index (χ3v) is 5.38. The molecule has 2 saturated heterocycles. The first-order chi connectivity index (χ1) is 12.5. The topological polar surface area (TPSA) is 81.8 Å². The number of urea groups is 1. The first-order valence-electron chi connectivity index (χ1n) is 9.28. The summed E-state index contributed by atoms with van der Waals surface area (Å²) in [5.41, 5.74) is 0.806. The smallest absolute Gasteiger partial charge is 0.325 e. The van der Waals surface area contributed by atoms with Gasteiger partial charge in [0.05, 0.1) is 11.4 Å².